The average Bonchev–Trinajstić information content (AvgIpc) is 2.40. The van der Waals surface area contributed by atoms with Gasteiger partial charge in [0.1, 0.15) is 5.75 Å². The van der Waals surface area contributed by atoms with Crippen molar-refractivity contribution in [2.24, 2.45) is 0 Å². The number of aliphatic hydroxyl groups excluding tert-OH is 1. The topological polar surface area (TPSA) is 70.6 Å². The lowest BCUT2D eigenvalue weighted by Crippen LogP contribution is -2.35. The molecular formula is C14H20F2N2O3. The van der Waals surface area contributed by atoms with Crippen LogP contribution in [0.2, 0.25) is 0 Å². The lowest BCUT2D eigenvalue weighted by Gasteiger charge is -2.13. The highest BCUT2D eigenvalue weighted by atomic mass is 19.3. The lowest BCUT2D eigenvalue weighted by molar-refractivity contribution is -0.0502. The Hall–Kier alpha value is -1.89. The van der Waals surface area contributed by atoms with Gasteiger partial charge in [0.15, 0.2) is 0 Å². The quantitative estimate of drug-likeness (QED) is 0.725. The molecule has 0 aliphatic heterocycles. The van der Waals surface area contributed by atoms with E-state index in [1.807, 2.05) is 6.92 Å². The number of amides is 2. The van der Waals surface area contributed by atoms with Crippen LogP contribution in [0.25, 0.3) is 0 Å². The fraction of sp³-hybridized carbons (Fsp3) is 0.500. The molecule has 0 saturated carbocycles. The average molecular weight is 302 g/mol. The number of aliphatic hydroxyl groups is 1. The Kier molecular flexibility index (Phi) is 6.87. The molecule has 0 aliphatic rings. The number of hydrogen-bond acceptors (Lipinski definition) is 3. The van der Waals surface area contributed by atoms with E-state index < -0.39 is 18.7 Å². The smallest absolute Gasteiger partial charge is 0.387 e. The van der Waals surface area contributed by atoms with Gasteiger partial charge in [-0.15, -0.1) is 0 Å². The molecule has 1 aromatic rings. The first-order valence-electron chi connectivity index (χ1n) is 6.70. The zero-order valence-corrected chi connectivity index (χ0v) is 12.0. The van der Waals surface area contributed by atoms with E-state index in [1.165, 1.54) is 6.07 Å². The Morgan fingerprint density at radius 3 is 2.76 bits per heavy atom. The fourth-order valence-corrected chi connectivity index (χ4v) is 1.72. The summed E-state index contributed by atoms with van der Waals surface area (Å²) < 4.78 is 28.8. The summed E-state index contributed by atoms with van der Waals surface area (Å²) in [5.74, 6) is 0.00816. The SMILES string of the molecule is CCCC(O)CNC(=O)Nc1ccc(C)c(OC(F)F)c1. The lowest BCUT2D eigenvalue weighted by atomic mass is 10.2. The molecule has 0 aromatic heterocycles. The molecule has 2 amide bonds. The molecule has 118 valence electrons. The van der Waals surface area contributed by atoms with Crippen molar-refractivity contribution in [3.05, 3.63) is 23.8 Å². The summed E-state index contributed by atoms with van der Waals surface area (Å²) in [6.07, 6.45) is 0.810. The van der Waals surface area contributed by atoms with Gasteiger partial charge in [0.2, 0.25) is 0 Å². The van der Waals surface area contributed by atoms with E-state index >= 15 is 0 Å². The molecule has 0 saturated heterocycles. The van der Waals surface area contributed by atoms with Crippen LogP contribution in [-0.4, -0.2) is 30.4 Å². The maximum Gasteiger partial charge on any atom is 0.387 e. The van der Waals surface area contributed by atoms with Crippen LogP contribution in [0.1, 0.15) is 25.3 Å². The van der Waals surface area contributed by atoms with E-state index in [2.05, 4.69) is 15.4 Å². The number of ether oxygens (including phenoxy) is 1. The molecule has 7 heteroatoms. The number of hydrogen-bond donors (Lipinski definition) is 3. The molecule has 0 bridgehead atoms. The second kappa shape index (κ2) is 8.41. The molecule has 0 heterocycles. The van der Waals surface area contributed by atoms with Crippen LogP contribution in [0.5, 0.6) is 5.75 Å². The van der Waals surface area contributed by atoms with Gasteiger partial charge in [0, 0.05) is 18.3 Å². The first-order chi connectivity index (χ1) is 9.92. The van der Waals surface area contributed by atoms with Crippen molar-refractivity contribution in [3.63, 3.8) is 0 Å². The summed E-state index contributed by atoms with van der Waals surface area (Å²) in [4.78, 5) is 11.6. The predicted molar refractivity (Wildman–Crippen MR) is 75.7 cm³/mol. The van der Waals surface area contributed by atoms with Gasteiger partial charge >= 0.3 is 12.6 Å². The van der Waals surface area contributed by atoms with Crippen molar-refractivity contribution in [1.82, 2.24) is 5.32 Å². The zero-order chi connectivity index (χ0) is 15.8. The first-order valence-corrected chi connectivity index (χ1v) is 6.70. The minimum Gasteiger partial charge on any atom is -0.434 e. The molecule has 0 aliphatic carbocycles. The molecule has 0 fully saturated rings. The van der Waals surface area contributed by atoms with E-state index in [1.54, 1.807) is 19.1 Å². The number of carbonyl (C=O) groups excluding carboxylic acids is 1. The maximum absolute atomic E-state index is 12.2. The minimum absolute atomic E-state index is 0.00816. The van der Waals surface area contributed by atoms with Crippen molar-refractivity contribution >= 4 is 11.7 Å². The number of aryl methyl sites for hydroxylation is 1. The first kappa shape index (κ1) is 17.2. The van der Waals surface area contributed by atoms with E-state index in [4.69, 9.17) is 0 Å². The summed E-state index contributed by atoms with van der Waals surface area (Å²) in [6.45, 7) is 0.770. The summed E-state index contributed by atoms with van der Waals surface area (Å²) in [6, 6.07) is 3.95. The summed E-state index contributed by atoms with van der Waals surface area (Å²) in [7, 11) is 0. The molecular weight excluding hydrogens is 282 g/mol. The van der Waals surface area contributed by atoms with Gasteiger partial charge in [-0.25, -0.2) is 4.79 Å². The Balaban J connectivity index is 2.56. The number of alkyl halides is 2. The molecule has 1 aromatic carbocycles. The van der Waals surface area contributed by atoms with Gasteiger partial charge in [-0.05, 0) is 25.0 Å². The monoisotopic (exact) mass is 302 g/mol. The molecule has 0 spiro atoms. The van der Waals surface area contributed by atoms with Gasteiger partial charge in [0.05, 0.1) is 6.10 Å². The number of carbonyl (C=O) groups is 1. The molecule has 5 nitrogen and oxygen atoms in total. The number of anilines is 1. The third-order valence-corrected chi connectivity index (χ3v) is 2.78. The second-order valence-corrected chi connectivity index (χ2v) is 4.64. The van der Waals surface area contributed by atoms with E-state index in [9.17, 15) is 18.7 Å². The van der Waals surface area contributed by atoms with Crippen LogP contribution in [0.3, 0.4) is 0 Å². The summed E-state index contributed by atoms with van der Waals surface area (Å²) in [5.41, 5.74) is 0.873. The minimum atomic E-state index is -2.92. The maximum atomic E-state index is 12.2. The summed E-state index contributed by atoms with van der Waals surface area (Å²) in [5, 5.41) is 14.5. The third kappa shape index (κ3) is 6.40. The Labute approximate surface area is 122 Å². The molecule has 1 unspecified atom stereocenters. The van der Waals surface area contributed by atoms with Crippen molar-refractivity contribution in [2.75, 3.05) is 11.9 Å². The van der Waals surface area contributed by atoms with Gasteiger partial charge in [-0.1, -0.05) is 19.4 Å². The van der Waals surface area contributed by atoms with Crippen molar-refractivity contribution in [2.45, 2.75) is 39.4 Å². The van der Waals surface area contributed by atoms with Crippen LogP contribution in [0.15, 0.2) is 18.2 Å². The largest absolute Gasteiger partial charge is 0.434 e. The van der Waals surface area contributed by atoms with E-state index in [0.717, 1.165) is 6.42 Å². The van der Waals surface area contributed by atoms with E-state index in [-0.39, 0.29) is 12.3 Å². The van der Waals surface area contributed by atoms with Gasteiger partial charge in [0.25, 0.3) is 0 Å². The molecule has 1 atom stereocenters. The van der Waals surface area contributed by atoms with Crippen LogP contribution in [0.4, 0.5) is 19.3 Å². The molecule has 1 rings (SSSR count). The standard InChI is InChI=1S/C14H20F2N2O3/c1-3-4-11(19)8-17-14(20)18-10-6-5-9(2)12(7-10)21-13(15)16/h5-7,11,13,19H,3-4,8H2,1-2H3,(H2,17,18,20). The predicted octanol–water partition coefficient (Wildman–Crippen LogP) is 2.88. The number of nitrogens with one attached hydrogen (secondary N) is 2. The van der Waals surface area contributed by atoms with E-state index in [0.29, 0.717) is 17.7 Å². The zero-order valence-electron chi connectivity index (χ0n) is 12.0. The highest BCUT2D eigenvalue weighted by Gasteiger charge is 2.10. The summed E-state index contributed by atoms with van der Waals surface area (Å²) >= 11 is 0. The van der Waals surface area contributed by atoms with Crippen LogP contribution in [0, 0.1) is 6.92 Å². The van der Waals surface area contributed by atoms with Gasteiger partial charge in [-0.2, -0.15) is 8.78 Å². The van der Waals surface area contributed by atoms with Crippen molar-refractivity contribution in [3.8, 4) is 5.75 Å². The third-order valence-electron chi connectivity index (χ3n) is 2.78. The number of halogens is 2. The van der Waals surface area contributed by atoms with Crippen LogP contribution in [-0.2, 0) is 0 Å². The number of benzene rings is 1. The fourth-order valence-electron chi connectivity index (χ4n) is 1.72. The highest BCUT2D eigenvalue weighted by Crippen LogP contribution is 2.24. The van der Waals surface area contributed by atoms with Crippen molar-refractivity contribution in [1.29, 1.82) is 0 Å². The van der Waals surface area contributed by atoms with Crippen molar-refractivity contribution < 1.29 is 23.4 Å². The number of rotatable bonds is 7. The van der Waals surface area contributed by atoms with Gasteiger partial charge < -0.3 is 20.5 Å². The molecule has 21 heavy (non-hydrogen) atoms. The highest BCUT2D eigenvalue weighted by molar-refractivity contribution is 5.89. The van der Waals surface area contributed by atoms with Crippen LogP contribution < -0.4 is 15.4 Å². The Morgan fingerprint density at radius 1 is 1.43 bits per heavy atom. The molecule has 3 N–H and O–H groups in total. The normalized spacial score (nSPS) is 12.1. The Bertz CT molecular complexity index is 470. The number of urea groups is 1. The van der Waals surface area contributed by atoms with Gasteiger partial charge in [-0.3, -0.25) is 0 Å². The second-order valence-electron chi connectivity index (χ2n) is 4.64. The Morgan fingerprint density at radius 2 is 2.14 bits per heavy atom. The molecule has 0 radical (unpaired) electrons. The van der Waals surface area contributed by atoms with Crippen LogP contribution >= 0.6 is 0 Å².